The van der Waals surface area contributed by atoms with Crippen LogP contribution in [0.5, 0.6) is 0 Å². The van der Waals surface area contributed by atoms with Gasteiger partial charge < -0.3 is 4.90 Å². The third kappa shape index (κ3) is 3.97. The molecule has 16 heavy (non-hydrogen) atoms. The molecule has 1 aromatic rings. The molecule has 3 heteroatoms. The van der Waals surface area contributed by atoms with Gasteiger partial charge in [0.2, 0.25) is 0 Å². The van der Waals surface area contributed by atoms with Crippen LogP contribution in [0, 0.1) is 6.92 Å². The van der Waals surface area contributed by atoms with E-state index in [-0.39, 0.29) is 5.91 Å². The maximum atomic E-state index is 12.0. The molecular formula is C13H18BrNO. The van der Waals surface area contributed by atoms with Crippen molar-refractivity contribution < 1.29 is 4.79 Å². The molecular weight excluding hydrogens is 266 g/mol. The highest BCUT2D eigenvalue weighted by atomic mass is 79.9. The number of nitrogens with zero attached hydrogens (tertiary/aromatic N) is 1. The first kappa shape index (κ1) is 13.2. The van der Waals surface area contributed by atoms with Crippen molar-refractivity contribution in [2.75, 3.05) is 13.6 Å². The van der Waals surface area contributed by atoms with Gasteiger partial charge in [0, 0.05) is 24.0 Å². The van der Waals surface area contributed by atoms with Crippen LogP contribution in [-0.4, -0.2) is 29.2 Å². The lowest BCUT2D eigenvalue weighted by Gasteiger charge is -2.18. The van der Waals surface area contributed by atoms with Crippen LogP contribution in [-0.2, 0) is 0 Å². The molecule has 0 aliphatic carbocycles. The van der Waals surface area contributed by atoms with Crippen molar-refractivity contribution in [1.29, 1.82) is 0 Å². The number of carbonyl (C=O) groups excluding carboxylic acids is 1. The van der Waals surface area contributed by atoms with Crippen LogP contribution in [0.25, 0.3) is 0 Å². The minimum atomic E-state index is 0.0909. The molecule has 0 fully saturated rings. The fourth-order valence-corrected chi connectivity index (χ4v) is 1.59. The summed E-state index contributed by atoms with van der Waals surface area (Å²) < 4.78 is 0. The van der Waals surface area contributed by atoms with Crippen molar-refractivity contribution in [2.24, 2.45) is 0 Å². The van der Waals surface area contributed by atoms with Gasteiger partial charge in [-0.15, -0.1) is 0 Å². The van der Waals surface area contributed by atoms with E-state index in [0.717, 1.165) is 18.5 Å². The van der Waals surface area contributed by atoms with Crippen LogP contribution in [0.15, 0.2) is 24.3 Å². The summed E-state index contributed by atoms with van der Waals surface area (Å²) in [6.07, 6.45) is 0.966. The Kier molecular flexibility index (Phi) is 5.00. The van der Waals surface area contributed by atoms with E-state index < -0.39 is 0 Å². The Balaban J connectivity index is 2.60. The van der Waals surface area contributed by atoms with Gasteiger partial charge in [-0.3, -0.25) is 4.79 Å². The van der Waals surface area contributed by atoms with Crippen LogP contribution in [0.2, 0.25) is 0 Å². The van der Waals surface area contributed by atoms with Gasteiger partial charge in [-0.2, -0.15) is 0 Å². The summed E-state index contributed by atoms with van der Waals surface area (Å²) in [6, 6.07) is 7.69. The molecule has 0 saturated carbocycles. The molecule has 1 rings (SSSR count). The number of alkyl halides is 1. The molecule has 0 aromatic heterocycles. The second-order valence-electron chi connectivity index (χ2n) is 4.16. The Morgan fingerprint density at radius 3 is 2.44 bits per heavy atom. The van der Waals surface area contributed by atoms with Gasteiger partial charge in [-0.25, -0.2) is 0 Å². The van der Waals surface area contributed by atoms with Crippen LogP contribution in [0.1, 0.15) is 29.3 Å². The molecule has 0 N–H and O–H groups in total. The zero-order valence-corrected chi connectivity index (χ0v) is 11.6. The Bertz CT molecular complexity index is 345. The van der Waals surface area contributed by atoms with Gasteiger partial charge in [0.25, 0.3) is 5.91 Å². The third-order valence-corrected chi connectivity index (χ3v) is 2.97. The number of amides is 1. The van der Waals surface area contributed by atoms with E-state index in [1.807, 2.05) is 38.2 Å². The van der Waals surface area contributed by atoms with Crippen molar-refractivity contribution in [2.45, 2.75) is 25.1 Å². The van der Waals surface area contributed by atoms with E-state index in [4.69, 9.17) is 0 Å². The molecule has 0 heterocycles. The van der Waals surface area contributed by atoms with Crippen molar-refractivity contribution >= 4 is 21.8 Å². The van der Waals surface area contributed by atoms with Crippen LogP contribution in [0.4, 0.5) is 0 Å². The Morgan fingerprint density at radius 1 is 1.38 bits per heavy atom. The lowest BCUT2D eigenvalue weighted by Crippen LogP contribution is -2.28. The van der Waals surface area contributed by atoms with Gasteiger partial charge >= 0.3 is 0 Å². The number of halogens is 1. The quantitative estimate of drug-likeness (QED) is 0.777. The molecule has 0 radical (unpaired) electrons. The first-order valence-corrected chi connectivity index (χ1v) is 6.38. The molecule has 0 saturated heterocycles. The second-order valence-corrected chi connectivity index (χ2v) is 5.73. The Labute approximate surface area is 106 Å². The molecule has 1 unspecified atom stereocenters. The minimum absolute atomic E-state index is 0.0909. The molecule has 1 atom stereocenters. The van der Waals surface area contributed by atoms with Crippen molar-refractivity contribution in [1.82, 2.24) is 4.90 Å². The smallest absolute Gasteiger partial charge is 0.253 e. The maximum Gasteiger partial charge on any atom is 0.253 e. The molecule has 1 amide bonds. The van der Waals surface area contributed by atoms with Gasteiger partial charge in [0.15, 0.2) is 0 Å². The maximum absolute atomic E-state index is 12.0. The normalized spacial score (nSPS) is 12.2. The largest absolute Gasteiger partial charge is 0.342 e. The van der Waals surface area contributed by atoms with Crippen molar-refractivity contribution in [3.8, 4) is 0 Å². The highest BCUT2D eigenvalue weighted by Crippen LogP contribution is 2.08. The number of aryl methyl sites for hydroxylation is 1. The molecule has 0 aliphatic rings. The first-order valence-electron chi connectivity index (χ1n) is 5.47. The molecule has 2 nitrogen and oxygen atoms in total. The summed E-state index contributed by atoms with van der Waals surface area (Å²) in [5, 5.41) is 0. The number of hydrogen-bond acceptors (Lipinski definition) is 1. The van der Waals surface area contributed by atoms with Crippen LogP contribution < -0.4 is 0 Å². The lowest BCUT2D eigenvalue weighted by molar-refractivity contribution is 0.0794. The van der Waals surface area contributed by atoms with Gasteiger partial charge in [0.05, 0.1) is 0 Å². The molecule has 1 aromatic carbocycles. The molecule has 88 valence electrons. The average Bonchev–Trinajstić information content (AvgIpc) is 2.26. The summed E-state index contributed by atoms with van der Waals surface area (Å²) in [5.41, 5.74) is 1.93. The van der Waals surface area contributed by atoms with Gasteiger partial charge in [0.1, 0.15) is 0 Å². The summed E-state index contributed by atoms with van der Waals surface area (Å²) >= 11 is 3.48. The topological polar surface area (TPSA) is 20.3 Å². The van der Waals surface area contributed by atoms with Gasteiger partial charge in [-0.1, -0.05) is 40.5 Å². The summed E-state index contributed by atoms with van der Waals surface area (Å²) in [4.78, 5) is 14.2. The minimum Gasteiger partial charge on any atom is -0.342 e. The van der Waals surface area contributed by atoms with Gasteiger partial charge in [-0.05, 0) is 25.5 Å². The second kappa shape index (κ2) is 6.04. The fourth-order valence-electron chi connectivity index (χ4n) is 1.39. The summed E-state index contributed by atoms with van der Waals surface area (Å²) in [6.45, 7) is 4.88. The Morgan fingerprint density at radius 2 is 1.94 bits per heavy atom. The lowest BCUT2D eigenvalue weighted by atomic mass is 10.1. The van der Waals surface area contributed by atoms with Crippen LogP contribution in [0.3, 0.4) is 0 Å². The van der Waals surface area contributed by atoms with Crippen molar-refractivity contribution in [3.63, 3.8) is 0 Å². The SMILES string of the molecule is Cc1ccc(C(=O)N(C)CCC(C)Br)cc1. The van der Waals surface area contributed by atoms with Crippen LogP contribution >= 0.6 is 15.9 Å². The molecule has 0 aliphatic heterocycles. The zero-order valence-electron chi connectivity index (χ0n) is 10.0. The number of benzene rings is 1. The number of hydrogen-bond donors (Lipinski definition) is 0. The molecule has 0 spiro atoms. The predicted octanol–water partition coefficient (Wildman–Crippen LogP) is 3.24. The van der Waals surface area contributed by atoms with E-state index in [0.29, 0.717) is 4.83 Å². The predicted molar refractivity (Wildman–Crippen MR) is 71.1 cm³/mol. The van der Waals surface area contributed by atoms with E-state index >= 15 is 0 Å². The zero-order chi connectivity index (χ0) is 12.1. The monoisotopic (exact) mass is 283 g/mol. The summed E-state index contributed by atoms with van der Waals surface area (Å²) in [7, 11) is 1.84. The highest BCUT2D eigenvalue weighted by Gasteiger charge is 2.11. The third-order valence-electron chi connectivity index (χ3n) is 2.51. The van der Waals surface area contributed by atoms with E-state index in [9.17, 15) is 4.79 Å². The fraction of sp³-hybridized carbons (Fsp3) is 0.462. The van der Waals surface area contributed by atoms with E-state index in [1.54, 1.807) is 4.90 Å². The molecule has 0 bridgehead atoms. The number of rotatable bonds is 4. The van der Waals surface area contributed by atoms with Crippen molar-refractivity contribution in [3.05, 3.63) is 35.4 Å². The van der Waals surface area contributed by atoms with E-state index in [1.165, 1.54) is 5.56 Å². The van der Waals surface area contributed by atoms with E-state index in [2.05, 4.69) is 22.9 Å². The first-order chi connectivity index (χ1) is 7.50. The number of carbonyl (C=O) groups is 1. The summed E-state index contributed by atoms with van der Waals surface area (Å²) in [5.74, 6) is 0.0909. The highest BCUT2D eigenvalue weighted by molar-refractivity contribution is 9.09. The Hall–Kier alpha value is -0.830. The average molecular weight is 284 g/mol. The standard InChI is InChI=1S/C13H18BrNO/c1-10-4-6-12(7-5-10)13(16)15(3)9-8-11(2)14/h4-7,11H,8-9H2,1-3H3.